The molecule has 16 heavy (non-hydrogen) atoms. The van der Waals surface area contributed by atoms with Crippen molar-refractivity contribution in [2.75, 3.05) is 25.6 Å². The molecule has 1 aliphatic rings. The van der Waals surface area contributed by atoms with Gasteiger partial charge in [-0.05, 0) is 24.7 Å². The van der Waals surface area contributed by atoms with E-state index in [1.165, 1.54) is 12.8 Å². The zero-order valence-electron chi connectivity index (χ0n) is 9.33. The molecule has 0 spiro atoms. The van der Waals surface area contributed by atoms with E-state index in [0.29, 0.717) is 17.3 Å². The van der Waals surface area contributed by atoms with Gasteiger partial charge in [0.2, 0.25) is 5.89 Å². The highest BCUT2D eigenvalue weighted by Crippen LogP contribution is 2.48. The van der Waals surface area contributed by atoms with Crippen molar-refractivity contribution in [2.24, 2.45) is 5.41 Å². The van der Waals surface area contributed by atoms with E-state index in [9.17, 15) is 0 Å². The lowest BCUT2D eigenvalue weighted by Crippen LogP contribution is -2.17. The van der Waals surface area contributed by atoms with Crippen LogP contribution in [0.5, 0.6) is 0 Å². The Labute approximate surface area is 99.5 Å². The number of nitrogens with one attached hydrogen (secondary N) is 1. The molecule has 1 aromatic heterocycles. The monoisotopic (exact) mass is 245 g/mol. The van der Waals surface area contributed by atoms with E-state index < -0.39 is 0 Å². The minimum Gasteiger partial charge on any atom is -0.407 e. The van der Waals surface area contributed by atoms with Crippen LogP contribution in [0.15, 0.2) is 4.42 Å². The van der Waals surface area contributed by atoms with E-state index in [1.807, 2.05) is 0 Å². The summed E-state index contributed by atoms with van der Waals surface area (Å²) in [7, 11) is 1.73. The third kappa shape index (κ3) is 2.86. The molecule has 6 heteroatoms. The summed E-state index contributed by atoms with van der Waals surface area (Å²) >= 11 is 5.57. The third-order valence-electron chi connectivity index (χ3n) is 2.99. The second kappa shape index (κ2) is 5.01. The SMILES string of the molecule is COCCC1(CNc2nnc(CCl)o2)CC1. The quantitative estimate of drug-likeness (QED) is 0.745. The largest absolute Gasteiger partial charge is 0.407 e. The predicted molar refractivity (Wildman–Crippen MR) is 60.5 cm³/mol. The van der Waals surface area contributed by atoms with Crippen LogP contribution >= 0.6 is 11.6 Å². The van der Waals surface area contributed by atoms with E-state index >= 15 is 0 Å². The van der Waals surface area contributed by atoms with Crippen LogP contribution in [0.4, 0.5) is 6.01 Å². The molecule has 1 aliphatic carbocycles. The molecule has 0 saturated heterocycles. The molecule has 1 N–H and O–H groups in total. The number of methoxy groups -OCH3 is 1. The van der Waals surface area contributed by atoms with Crippen LogP contribution in [0.3, 0.4) is 0 Å². The Morgan fingerprint density at radius 1 is 1.50 bits per heavy atom. The summed E-state index contributed by atoms with van der Waals surface area (Å²) in [6.45, 7) is 1.67. The Bertz CT molecular complexity index is 339. The molecule has 0 unspecified atom stereocenters. The fourth-order valence-corrected chi connectivity index (χ4v) is 1.76. The summed E-state index contributed by atoms with van der Waals surface area (Å²) in [6.07, 6.45) is 3.55. The number of rotatable bonds is 7. The summed E-state index contributed by atoms with van der Waals surface area (Å²) in [5.41, 5.74) is 0.367. The van der Waals surface area contributed by atoms with Crippen molar-refractivity contribution in [1.29, 1.82) is 0 Å². The number of hydrogen-bond acceptors (Lipinski definition) is 5. The van der Waals surface area contributed by atoms with Crippen LogP contribution in [-0.2, 0) is 10.6 Å². The Balaban J connectivity index is 1.78. The summed E-state index contributed by atoms with van der Waals surface area (Å²) in [5.74, 6) is 0.703. The van der Waals surface area contributed by atoms with Gasteiger partial charge in [0, 0.05) is 20.3 Å². The molecule has 0 amide bonds. The number of aromatic nitrogens is 2. The number of hydrogen-bond donors (Lipinski definition) is 1. The van der Waals surface area contributed by atoms with Gasteiger partial charge < -0.3 is 14.5 Å². The van der Waals surface area contributed by atoms with E-state index in [0.717, 1.165) is 19.6 Å². The first-order valence-electron chi connectivity index (χ1n) is 5.39. The molecule has 1 fully saturated rings. The maximum atomic E-state index is 5.57. The van der Waals surface area contributed by atoms with Gasteiger partial charge >= 0.3 is 6.01 Å². The first-order chi connectivity index (χ1) is 7.78. The summed E-state index contributed by atoms with van der Waals surface area (Å²) < 4.78 is 10.4. The van der Waals surface area contributed by atoms with Crippen molar-refractivity contribution >= 4 is 17.6 Å². The molecule has 0 aromatic carbocycles. The number of ether oxygens (including phenoxy) is 1. The van der Waals surface area contributed by atoms with Gasteiger partial charge in [0.1, 0.15) is 5.88 Å². The van der Waals surface area contributed by atoms with Crippen molar-refractivity contribution in [3.8, 4) is 0 Å². The molecule has 1 aromatic rings. The molecular weight excluding hydrogens is 230 g/mol. The average Bonchev–Trinajstić information content (AvgIpc) is 2.93. The molecule has 0 aliphatic heterocycles. The molecule has 0 radical (unpaired) electrons. The Morgan fingerprint density at radius 2 is 2.31 bits per heavy atom. The van der Waals surface area contributed by atoms with Crippen LogP contribution in [-0.4, -0.2) is 30.5 Å². The number of nitrogens with zero attached hydrogens (tertiary/aromatic N) is 2. The first-order valence-corrected chi connectivity index (χ1v) is 5.93. The Kier molecular flexibility index (Phi) is 3.66. The average molecular weight is 246 g/mol. The zero-order chi connectivity index (χ0) is 11.4. The van der Waals surface area contributed by atoms with Gasteiger partial charge in [0.05, 0.1) is 0 Å². The Morgan fingerprint density at radius 3 is 2.88 bits per heavy atom. The van der Waals surface area contributed by atoms with E-state index in [1.54, 1.807) is 7.11 Å². The normalized spacial score (nSPS) is 17.4. The van der Waals surface area contributed by atoms with Gasteiger partial charge in [0.25, 0.3) is 0 Å². The van der Waals surface area contributed by atoms with Crippen molar-refractivity contribution in [3.63, 3.8) is 0 Å². The van der Waals surface area contributed by atoms with Crippen LogP contribution in [0, 0.1) is 5.41 Å². The molecule has 1 heterocycles. The Hall–Kier alpha value is -0.810. The molecule has 90 valence electrons. The molecule has 5 nitrogen and oxygen atoms in total. The first kappa shape index (κ1) is 11.7. The van der Waals surface area contributed by atoms with E-state index in [2.05, 4.69) is 15.5 Å². The topological polar surface area (TPSA) is 60.2 Å². The van der Waals surface area contributed by atoms with Gasteiger partial charge in [-0.2, -0.15) is 0 Å². The number of halogens is 1. The summed E-state index contributed by atoms with van der Waals surface area (Å²) in [6, 6.07) is 0.458. The van der Waals surface area contributed by atoms with Crippen LogP contribution in [0.2, 0.25) is 0 Å². The lowest BCUT2D eigenvalue weighted by Gasteiger charge is -2.13. The summed E-state index contributed by atoms with van der Waals surface area (Å²) in [4.78, 5) is 0. The highest BCUT2D eigenvalue weighted by atomic mass is 35.5. The number of anilines is 1. The van der Waals surface area contributed by atoms with E-state index in [-0.39, 0.29) is 5.88 Å². The molecule has 0 atom stereocenters. The molecule has 1 saturated carbocycles. The second-order valence-corrected chi connectivity index (χ2v) is 4.50. The standard InChI is InChI=1S/C10H16ClN3O2/c1-15-5-4-10(2-3-10)7-12-9-14-13-8(6-11)16-9/h2-7H2,1H3,(H,12,14). The van der Waals surface area contributed by atoms with Gasteiger partial charge in [-0.1, -0.05) is 5.10 Å². The zero-order valence-corrected chi connectivity index (χ0v) is 10.1. The predicted octanol–water partition coefficient (Wildman–Crippen LogP) is 2.04. The van der Waals surface area contributed by atoms with Gasteiger partial charge in [-0.3, -0.25) is 0 Å². The minimum atomic E-state index is 0.253. The van der Waals surface area contributed by atoms with Gasteiger partial charge in [0.15, 0.2) is 0 Å². The fraction of sp³-hybridized carbons (Fsp3) is 0.800. The maximum absolute atomic E-state index is 5.57. The van der Waals surface area contributed by atoms with Crippen molar-refractivity contribution in [2.45, 2.75) is 25.1 Å². The fourth-order valence-electron chi connectivity index (χ4n) is 1.65. The smallest absolute Gasteiger partial charge is 0.315 e. The minimum absolute atomic E-state index is 0.253. The number of alkyl halides is 1. The van der Waals surface area contributed by atoms with Gasteiger partial charge in [-0.25, -0.2) is 0 Å². The molecule has 2 rings (SSSR count). The van der Waals surface area contributed by atoms with Gasteiger partial charge in [-0.15, -0.1) is 16.7 Å². The maximum Gasteiger partial charge on any atom is 0.315 e. The van der Waals surface area contributed by atoms with E-state index in [4.69, 9.17) is 20.8 Å². The van der Waals surface area contributed by atoms with Crippen molar-refractivity contribution in [3.05, 3.63) is 5.89 Å². The lowest BCUT2D eigenvalue weighted by molar-refractivity contribution is 0.174. The van der Waals surface area contributed by atoms with Crippen molar-refractivity contribution < 1.29 is 9.15 Å². The van der Waals surface area contributed by atoms with Crippen LogP contribution in [0.1, 0.15) is 25.2 Å². The van der Waals surface area contributed by atoms with Crippen LogP contribution in [0.25, 0.3) is 0 Å². The van der Waals surface area contributed by atoms with Crippen molar-refractivity contribution in [1.82, 2.24) is 10.2 Å². The molecule has 0 bridgehead atoms. The lowest BCUT2D eigenvalue weighted by atomic mass is 10.0. The summed E-state index contributed by atoms with van der Waals surface area (Å²) in [5, 5.41) is 10.8. The second-order valence-electron chi connectivity index (χ2n) is 4.23. The highest BCUT2D eigenvalue weighted by molar-refractivity contribution is 6.16. The van der Waals surface area contributed by atoms with Crippen LogP contribution < -0.4 is 5.32 Å². The molecular formula is C10H16ClN3O2. The third-order valence-corrected chi connectivity index (χ3v) is 3.22. The highest BCUT2D eigenvalue weighted by Gasteiger charge is 2.42.